The lowest BCUT2D eigenvalue weighted by Crippen LogP contribution is -2.47. The molecule has 0 fully saturated rings. The topological polar surface area (TPSA) is 53.7 Å². The second-order valence-corrected chi connectivity index (χ2v) is 6.20. The molecule has 1 atom stereocenters. The highest BCUT2D eigenvalue weighted by Crippen LogP contribution is 2.43. The molecule has 5 heteroatoms. The van der Waals surface area contributed by atoms with Crippen LogP contribution >= 0.6 is 12.2 Å². The lowest BCUT2D eigenvalue weighted by atomic mass is 9.87. The first kappa shape index (κ1) is 16.0. The molecular weight excluding hydrogens is 286 g/mol. The summed E-state index contributed by atoms with van der Waals surface area (Å²) < 4.78 is 16.9. The van der Waals surface area contributed by atoms with Crippen LogP contribution in [0.4, 0.5) is 0 Å². The molecule has 1 aliphatic rings. The Morgan fingerprint density at radius 2 is 1.95 bits per heavy atom. The molecular formula is C16H23NO3S. The second kappa shape index (κ2) is 5.81. The molecule has 4 nitrogen and oxygen atoms in total. The van der Waals surface area contributed by atoms with Gasteiger partial charge in [-0.05, 0) is 57.2 Å². The molecule has 1 aromatic rings. The summed E-state index contributed by atoms with van der Waals surface area (Å²) in [7, 11) is 1.62. The lowest BCUT2D eigenvalue weighted by Gasteiger charge is -2.37. The van der Waals surface area contributed by atoms with Crippen LogP contribution in [0, 0.1) is 20.8 Å². The minimum absolute atomic E-state index is 0.241. The van der Waals surface area contributed by atoms with E-state index in [1.807, 2.05) is 20.8 Å². The number of hydrogen-bond donors (Lipinski definition) is 1. The maximum Gasteiger partial charge on any atom is 0.188 e. The zero-order valence-electron chi connectivity index (χ0n) is 13.3. The number of ether oxygens (including phenoxy) is 3. The first-order chi connectivity index (χ1) is 9.81. The van der Waals surface area contributed by atoms with Gasteiger partial charge in [-0.3, -0.25) is 0 Å². The average molecular weight is 309 g/mol. The van der Waals surface area contributed by atoms with E-state index in [-0.39, 0.29) is 6.79 Å². The molecule has 1 aromatic carbocycles. The van der Waals surface area contributed by atoms with Gasteiger partial charge in [0.25, 0.3) is 0 Å². The third kappa shape index (κ3) is 2.72. The van der Waals surface area contributed by atoms with Gasteiger partial charge in [0.05, 0.1) is 0 Å². The number of benzene rings is 1. The fraction of sp³-hybridized carbons (Fsp3) is 0.562. The van der Waals surface area contributed by atoms with Crippen molar-refractivity contribution in [2.45, 2.75) is 46.1 Å². The highest BCUT2D eigenvalue weighted by Gasteiger charge is 2.37. The van der Waals surface area contributed by atoms with Crippen LogP contribution in [0.3, 0.4) is 0 Å². The van der Waals surface area contributed by atoms with Crippen LogP contribution in [0.25, 0.3) is 0 Å². The Labute approximate surface area is 131 Å². The van der Waals surface area contributed by atoms with Crippen LogP contribution in [0.5, 0.6) is 11.5 Å². The van der Waals surface area contributed by atoms with Crippen molar-refractivity contribution in [1.29, 1.82) is 0 Å². The number of thiocarbonyl (C=S) groups is 1. The standard InChI is InChI=1S/C16H23NO3S/c1-9-10(2)14-12(11(3)13(9)19-8-18-5)6-7-16(4,20-14)15(17)21/h6-8H2,1-5H3,(H2,17,21). The number of hydrogen-bond acceptors (Lipinski definition) is 4. The summed E-state index contributed by atoms with van der Waals surface area (Å²) in [6.45, 7) is 8.33. The third-order valence-corrected chi connectivity index (χ3v) is 4.76. The SMILES string of the molecule is COCOc1c(C)c(C)c2c(c1C)CCC(C)(C(N)=S)O2. The van der Waals surface area contributed by atoms with Gasteiger partial charge < -0.3 is 19.9 Å². The van der Waals surface area contributed by atoms with E-state index < -0.39 is 5.60 Å². The summed E-state index contributed by atoms with van der Waals surface area (Å²) in [4.78, 5) is 0.405. The molecule has 0 saturated carbocycles. The van der Waals surface area contributed by atoms with Crippen LogP contribution in [0.2, 0.25) is 0 Å². The number of methoxy groups -OCH3 is 1. The number of fused-ring (bicyclic) bond motifs is 1. The largest absolute Gasteiger partial charge is 0.480 e. The molecule has 0 amide bonds. The van der Waals surface area contributed by atoms with Crippen molar-refractivity contribution < 1.29 is 14.2 Å². The second-order valence-electron chi connectivity index (χ2n) is 5.76. The third-order valence-electron chi connectivity index (χ3n) is 4.33. The van der Waals surface area contributed by atoms with E-state index in [0.29, 0.717) is 4.99 Å². The first-order valence-corrected chi connectivity index (χ1v) is 7.46. The van der Waals surface area contributed by atoms with E-state index >= 15 is 0 Å². The Morgan fingerprint density at radius 1 is 1.29 bits per heavy atom. The van der Waals surface area contributed by atoms with Gasteiger partial charge in [-0.25, -0.2) is 0 Å². The predicted octanol–water partition coefficient (Wildman–Crippen LogP) is 2.96. The van der Waals surface area contributed by atoms with E-state index in [1.54, 1.807) is 7.11 Å². The van der Waals surface area contributed by atoms with Gasteiger partial charge in [0.15, 0.2) is 12.4 Å². The Kier molecular flexibility index (Phi) is 4.44. The number of nitrogens with two attached hydrogens (primary N) is 1. The lowest BCUT2D eigenvalue weighted by molar-refractivity contribution is 0.0496. The van der Waals surface area contributed by atoms with Gasteiger partial charge in [0, 0.05) is 12.7 Å². The molecule has 1 unspecified atom stereocenters. The van der Waals surface area contributed by atoms with E-state index in [9.17, 15) is 0 Å². The van der Waals surface area contributed by atoms with Gasteiger partial charge in [-0.2, -0.15) is 0 Å². The minimum Gasteiger partial charge on any atom is -0.480 e. The van der Waals surface area contributed by atoms with Crippen molar-refractivity contribution in [2.24, 2.45) is 5.73 Å². The van der Waals surface area contributed by atoms with Crippen LogP contribution in [-0.4, -0.2) is 24.5 Å². The van der Waals surface area contributed by atoms with Crippen molar-refractivity contribution in [3.63, 3.8) is 0 Å². The molecule has 0 aliphatic carbocycles. The predicted molar refractivity (Wildman–Crippen MR) is 87.3 cm³/mol. The first-order valence-electron chi connectivity index (χ1n) is 7.05. The molecule has 1 heterocycles. The highest BCUT2D eigenvalue weighted by molar-refractivity contribution is 7.80. The fourth-order valence-electron chi connectivity index (χ4n) is 2.74. The summed E-state index contributed by atoms with van der Waals surface area (Å²) >= 11 is 5.16. The van der Waals surface area contributed by atoms with Crippen molar-refractivity contribution in [1.82, 2.24) is 0 Å². The van der Waals surface area contributed by atoms with Gasteiger partial charge in [0.1, 0.15) is 16.5 Å². The molecule has 2 rings (SSSR count). The quantitative estimate of drug-likeness (QED) is 0.684. The van der Waals surface area contributed by atoms with Crippen molar-refractivity contribution in [2.75, 3.05) is 13.9 Å². The van der Waals surface area contributed by atoms with E-state index in [0.717, 1.165) is 41.0 Å². The maximum absolute atomic E-state index is 6.18. The summed E-state index contributed by atoms with van der Waals surface area (Å²) in [6, 6.07) is 0. The van der Waals surface area contributed by atoms with Gasteiger partial charge in [0.2, 0.25) is 0 Å². The molecule has 21 heavy (non-hydrogen) atoms. The van der Waals surface area contributed by atoms with E-state index in [4.69, 9.17) is 32.2 Å². The van der Waals surface area contributed by atoms with Crippen LogP contribution in [-0.2, 0) is 11.2 Å². The Hall–Kier alpha value is -1.33. The monoisotopic (exact) mass is 309 g/mol. The van der Waals surface area contributed by atoms with Gasteiger partial charge in [-0.15, -0.1) is 0 Å². The van der Waals surface area contributed by atoms with Crippen molar-refractivity contribution in [3.05, 3.63) is 22.3 Å². The molecule has 0 aromatic heterocycles. The fourth-order valence-corrected chi connectivity index (χ4v) is 2.89. The zero-order valence-corrected chi connectivity index (χ0v) is 14.1. The smallest absolute Gasteiger partial charge is 0.188 e. The Bertz CT molecular complexity index is 586. The maximum atomic E-state index is 6.18. The minimum atomic E-state index is -0.569. The Balaban J connectivity index is 2.51. The summed E-state index contributed by atoms with van der Waals surface area (Å²) in [5.41, 5.74) is 9.70. The molecule has 0 spiro atoms. The van der Waals surface area contributed by atoms with Crippen molar-refractivity contribution >= 4 is 17.2 Å². The molecule has 116 valence electrons. The van der Waals surface area contributed by atoms with Crippen molar-refractivity contribution in [3.8, 4) is 11.5 Å². The molecule has 1 aliphatic heterocycles. The molecule has 0 bridgehead atoms. The van der Waals surface area contributed by atoms with Gasteiger partial charge >= 0.3 is 0 Å². The van der Waals surface area contributed by atoms with E-state index in [1.165, 1.54) is 5.56 Å². The highest BCUT2D eigenvalue weighted by atomic mass is 32.1. The molecule has 0 radical (unpaired) electrons. The summed E-state index contributed by atoms with van der Waals surface area (Å²) in [5.74, 6) is 1.78. The Morgan fingerprint density at radius 3 is 2.52 bits per heavy atom. The zero-order chi connectivity index (χ0) is 15.8. The van der Waals surface area contributed by atoms with Crippen LogP contribution in [0.15, 0.2) is 0 Å². The summed E-state index contributed by atoms with van der Waals surface area (Å²) in [5, 5.41) is 0. The molecule has 2 N–H and O–H groups in total. The average Bonchev–Trinajstić information content (AvgIpc) is 2.44. The molecule has 0 saturated heterocycles. The van der Waals surface area contributed by atoms with Crippen LogP contribution < -0.4 is 15.2 Å². The van der Waals surface area contributed by atoms with E-state index in [2.05, 4.69) is 6.92 Å². The van der Waals surface area contributed by atoms with Gasteiger partial charge in [-0.1, -0.05) is 12.2 Å². The number of rotatable bonds is 4. The normalized spacial score (nSPS) is 20.6. The van der Waals surface area contributed by atoms with Crippen LogP contribution in [0.1, 0.15) is 35.6 Å². The summed E-state index contributed by atoms with van der Waals surface area (Å²) in [6.07, 6.45) is 1.65.